The quantitative estimate of drug-likeness (QED) is 0.489. The van der Waals surface area contributed by atoms with E-state index in [0.29, 0.717) is 11.3 Å². The highest BCUT2D eigenvalue weighted by atomic mass is 32.1. The van der Waals surface area contributed by atoms with Crippen molar-refractivity contribution in [1.82, 2.24) is 20.4 Å². The number of nitrogens with zero attached hydrogens (tertiary/aromatic N) is 3. The number of urea groups is 1. The number of carbonyl (C=O) groups excluding carboxylic acids is 2. The van der Waals surface area contributed by atoms with E-state index in [-0.39, 0.29) is 35.4 Å². The van der Waals surface area contributed by atoms with Gasteiger partial charge in [0.05, 0.1) is 18.8 Å². The van der Waals surface area contributed by atoms with Crippen molar-refractivity contribution in [2.45, 2.75) is 33.4 Å². The van der Waals surface area contributed by atoms with Gasteiger partial charge in [0.2, 0.25) is 0 Å². The van der Waals surface area contributed by atoms with Crippen molar-refractivity contribution in [2.75, 3.05) is 11.9 Å². The lowest BCUT2D eigenvalue weighted by atomic mass is 10.2. The van der Waals surface area contributed by atoms with Crippen LogP contribution >= 0.6 is 11.3 Å². The summed E-state index contributed by atoms with van der Waals surface area (Å²) < 4.78 is 49.3. The molecule has 2 heterocycles. The van der Waals surface area contributed by atoms with Crippen LogP contribution in [0.15, 0.2) is 34.2 Å². The minimum absolute atomic E-state index is 0.0647. The van der Waals surface area contributed by atoms with Gasteiger partial charge in [-0.15, -0.1) is 11.3 Å². The number of aryl methyl sites for hydroxylation is 2. The second-order valence-electron chi connectivity index (χ2n) is 6.87. The van der Waals surface area contributed by atoms with Gasteiger partial charge in [-0.1, -0.05) is 17.3 Å². The van der Waals surface area contributed by atoms with Crippen LogP contribution in [0.3, 0.4) is 0 Å². The number of halogens is 3. The highest BCUT2D eigenvalue weighted by Crippen LogP contribution is 2.23. The number of hydrogen-bond acceptors (Lipinski definition) is 7. The van der Waals surface area contributed by atoms with Crippen molar-refractivity contribution in [3.63, 3.8) is 0 Å². The molecule has 3 aromatic rings. The normalized spacial score (nSPS) is 10.8. The molecular formula is C20H20F3N5O4S. The molecule has 0 saturated carbocycles. The highest BCUT2D eigenvalue weighted by Gasteiger charge is 2.24. The number of nitrogens with one attached hydrogen (secondary N) is 2. The molecule has 0 atom stereocenters. The summed E-state index contributed by atoms with van der Waals surface area (Å²) in [5, 5.41) is 10.4. The molecule has 0 unspecified atom stereocenters. The first-order valence-corrected chi connectivity index (χ1v) is 10.5. The molecule has 3 amide bonds. The van der Waals surface area contributed by atoms with Gasteiger partial charge in [-0.3, -0.25) is 10.2 Å². The first kappa shape index (κ1) is 24.0. The number of amides is 3. The van der Waals surface area contributed by atoms with Crippen LogP contribution in [0.2, 0.25) is 0 Å². The average Bonchev–Trinajstić information content (AvgIpc) is 3.32. The molecule has 1 aromatic carbocycles. The topological polar surface area (TPSA) is 110 Å². The Balaban J connectivity index is 1.58. The largest absolute Gasteiger partial charge is 0.415 e. The Bertz CT molecular complexity index is 1100. The van der Waals surface area contributed by atoms with Gasteiger partial charge < -0.3 is 14.6 Å². The number of benzene rings is 1. The van der Waals surface area contributed by atoms with Crippen LogP contribution < -0.4 is 15.4 Å². The maximum atomic E-state index is 13.2. The van der Waals surface area contributed by atoms with Crippen LogP contribution in [-0.2, 0) is 13.1 Å². The van der Waals surface area contributed by atoms with Gasteiger partial charge >= 0.3 is 12.1 Å². The van der Waals surface area contributed by atoms with Gasteiger partial charge in [0, 0.05) is 18.8 Å². The maximum absolute atomic E-state index is 13.2. The summed E-state index contributed by atoms with van der Waals surface area (Å²) in [6.45, 7) is 2.02. The molecule has 2 N–H and O–H groups in total. The molecule has 0 aliphatic rings. The predicted octanol–water partition coefficient (Wildman–Crippen LogP) is 4.47. The molecule has 13 heteroatoms. The van der Waals surface area contributed by atoms with Gasteiger partial charge in [0.25, 0.3) is 6.43 Å². The molecule has 0 spiro atoms. The second-order valence-corrected chi connectivity index (χ2v) is 7.73. The van der Waals surface area contributed by atoms with Crippen LogP contribution in [0.4, 0.5) is 27.9 Å². The number of hydrogen-bond donors (Lipinski definition) is 2. The van der Waals surface area contributed by atoms with Crippen LogP contribution in [-0.4, -0.2) is 40.1 Å². The first-order valence-electron chi connectivity index (χ1n) is 9.62. The van der Waals surface area contributed by atoms with Gasteiger partial charge in [-0.2, -0.15) is 0 Å². The molecule has 0 fully saturated rings. The van der Waals surface area contributed by atoms with Crippen LogP contribution in [0.25, 0.3) is 0 Å². The Hall–Kier alpha value is -3.61. The summed E-state index contributed by atoms with van der Waals surface area (Å²) in [5.41, 5.74) is 1.16. The molecule has 176 valence electrons. The molecule has 0 aliphatic carbocycles. The van der Waals surface area contributed by atoms with Crippen molar-refractivity contribution in [3.8, 4) is 5.75 Å². The third kappa shape index (κ3) is 6.94. The molecule has 9 nitrogen and oxygen atoms in total. The van der Waals surface area contributed by atoms with E-state index in [4.69, 9.17) is 9.26 Å². The van der Waals surface area contributed by atoms with Crippen LogP contribution in [0.5, 0.6) is 5.75 Å². The number of anilines is 1. The fourth-order valence-corrected chi connectivity index (χ4v) is 3.44. The standard InChI is InChI=1S/C20H20F3N5O4S/c1-11-17(12(2)32-27-11)31-20(30)28(9-16(22)23)8-15-10-33-19(25-15)26-18(29)24-7-13-4-3-5-14(21)6-13/h3-6,10,16H,7-9H2,1-2H3,(H2,24,25,26,29). The number of alkyl halides is 2. The molecule has 33 heavy (non-hydrogen) atoms. The zero-order valence-corrected chi connectivity index (χ0v) is 18.4. The Kier molecular flexibility index (Phi) is 7.87. The van der Waals surface area contributed by atoms with Crippen molar-refractivity contribution in [3.05, 3.63) is 58.2 Å². The number of thiazole rings is 1. The molecule has 3 rings (SSSR count). The van der Waals surface area contributed by atoms with E-state index in [1.807, 2.05) is 0 Å². The van der Waals surface area contributed by atoms with E-state index in [0.717, 1.165) is 16.2 Å². The summed E-state index contributed by atoms with van der Waals surface area (Å²) in [5.74, 6) is -0.113. The van der Waals surface area contributed by atoms with Gasteiger partial charge in [0.1, 0.15) is 11.5 Å². The van der Waals surface area contributed by atoms with Gasteiger partial charge in [0.15, 0.2) is 16.6 Å². The number of rotatable bonds is 8. The van der Waals surface area contributed by atoms with Crippen LogP contribution in [0.1, 0.15) is 22.7 Å². The third-order valence-electron chi connectivity index (χ3n) is 4.24. The zero-order chi connectivity index (χ0) is 24.0. The molecule has 0 aliphatic heterocycles. The Morgan fingerprint density at radius 3 is 2.76 bits per heavy atom. The summed E-state index contributed by atoms with van der Waals surface area (Å²) in [7, 11) is 0. The zero-order valence-electron chi connectivity index (χ0n) is 17.6. The Labute approximate surface area is 190 Å². The minimum Gasteiger partial charge on any atom is -0.404 e. The minimum atomic E-state index is -2.80. The van der Waals surface area contributed by atoms with Crippen LogP contribution in [0, 0.1) is 19.7 Å². The number of aromatic nitrogens is 2. The molecule has 0 saturated heterocycles. The summed E-state index contributed by atoms with van der Waals surface area (Å²) in [6.07, 6.45) is -3.81. The van der Waals surface area contributed by atoms with Gasteiger partial charge in [-0.25, -0.2) is 27.7 Å². The Morgan fingerprint density at radius 1 is 1.30 bits per heavy atom. The lowest BCUT2D eigenvalue weighted by molar-refractivity contribution is 0.0793. The first-order chi connectivity index (χ1) is 15.7. The lowest BCUT2D eigenvalue weighted by Crippen LogP contribution is -2.37. The van der Waals surface area contributed by atoms with Gasteiger partial charge in [-0.05, 0) is 24.6 Å². The number of ether oxygens (including phenoxy) is 1. The lowest BCUT2D eigenvalue weighted by Gasteiger charge is -2.20. The summed E-state index contributed by atoms with van der Waals surface area (Å²) in [4.78, 5) is 29.4. The highest BCUT2D eigenvalue weighted by molar-refractivity contribution is 7.13. The maximum Gasteiger partial charge on any atom is 0.415 e. The molecular weight excluding hydrogens is 463 g/mol. The summed E-state index contributed by atoms with van der Waals surface area (Å²) in [6, 6.07) is 5.19. The van der Waals surface area contributed by atoms with Crippen molar-refractivity contribution in [2.24, 2.45) is 0 Å². The van der Waals surface area contributed by atoms with E-state index < -0.39 is 30.9 Å². The summed E-state index contributed by atoms with van der Waals surface area (Å²) >= 11 is 1.05. The molecule has 0 radical (unpaired) electrons. The predicted molar refractivity (Wildman–Crippen MR) is 113 cm³/mol. The average molecular weight is 483 g/mol. The fourth-order valence-electron chi connectivity index (χ4n) is 2.75. The Morgan fingerprint density at radius 2 is 2.09 bits per heavy atom. The van der Waals surface area contributed by atoms with E-state index >= 15 is 0 Å². The second kappa shape index (κ2) is 10.8. The number of carbonyl (C=O) groups is 2. The SMILES string of the molecule is Cc1noc(C)c1OC(=O)N(Cc1csc(NC(=O)NCc2cccc(F)c2)n1)CC(F)F. The van der Waals surface area contributed by atoms with Crippen molar-refractivity contribution >= 4 is 28.6 Å². The van der Waals surface area contributed by atoms with Crippen molar-refractivity contribution < 1.29 is 32.0 Å². The molecule has 2 aromatic heterocycles. The smallest absolute Gasteiger partial charge is 0.404 e. The van der Waals surface area contributed by atoms with E-state index in [1.54, 1.807) is 13.0 Å². The monoisotopic (exact) mass is 483 g/mol. The van der Waals surface area contributed by atoms with Crippen molar-refractivity contribution in [1.29, 1.82) is 0 Å². The van der Waals surface area contributed by atoms with E-state index in [1.165, 1.54) is 30.5 Å². The van der Waals surface area contributed by atoms with E-state index in [2.05, 4.69) is 20.8 Å². The third-order valence-corrected chi connectivity index (χ3v) is 5.05. The van der Waals surface area contributed by atoms with E-state index in [9.17, 15) is 22.8 Å². The molecule has 0 bridgehead atoms. The fraction of sp³-hybridized carbons (Fsp3) is 0.300.